The van der Waals surface area contributed by atoms with Crippen LogP contribution >= 0.6 is 0 Å². The number of nitrogens with two attached hydrogens (primary N) is 1. The van der Waals surface area contributed by atoms with Gasteiger partial charge in [-0.1, -0.05) is 20.3 Å². The van der Waals surface area contributed by atoms with Crippen LogP contribution in [0, 0.1) is 5.92 Å². The molecule has 0 aromatic rings. The molecular formula is C7H15NO2. The van der Waals surface area contributed by atoms with E-state index in [0.29, 0.717) is 0 Å². The van der Waals surface area contributed by atoms with Gasteiger partial charge in [0.2, 0.25) is 0 Å². The first-order chi connectivity index (χ1) is 4.59. The number of carbonyl (C=O) groups is 1. The highest BCUT2D eigenvalue weighted by Gasteiger charge is 2.18. The minimum atomic E-state index is -0.902. The molecule has 0 spiro atoms. The first-order valence-corrected chi connectivity index (χ1v) is 3.58. The van der Waals surface area contributed by atoms with Crippen molar-refractivity contribution in [3.8, 4) is 0 Å². The van der Waals surface area contributed by atoms with Crippen LogP contribution in [0.15, 0.2) is 0 Å². The molecule has 0 aliphatic carbocycles. The first kappa shape index (κ1) is 9.43. The fraction of sp³-hybridized carbons (Fsp3) is 0.857. The molecule has 0 heterocycles. The summed E-state index contributed by atoms with van der Waals surface area (Å²) in [5.41, 5.74) is 5.35. The number of hydrogen-bond donors (Lipinski definition) is 2. The first-order valence-electron chi connectivity index (χ1n) is 3.58. The Morgan fingerprint density at radius 2 is 2.20 bits per heavy atom. The molecule has 0 saturated heterocycles. The third-order valence-corrected chi connectivity index (χ3v) is 1.64. The smallest absolute Gasteiger partial charge is 0.320 e. The Kier molecular flexibility index (Phi) is 4.03. The van der Waals surface area contributed by atoms with Crippen LogP contribution in [-0.4, -0.2) is 17.1 Å². The molecule has 0 aliphatic rings. The van der Waals surface area contributed by atoms with Crippen molar-refractivity contribution < 1.29 is 9.90 Å². The maximum atomic E-state index is 10.3. The molecule has 2 atom stereocenters. The zero-order chi connectivity index (χ0) is 8.15. The van der Waals surface area contributed by atoms with Crippen molar-refractivity contribution >= 4 is 5.97 Å². The van der Waals surface area contributed by atoms with Crippen LogP contribution in [0.1, 0.15) is 26.7 Å². The van der Waals surface area contributed by atoms with Crippen LogP contribution in [0.3, 0.4) is 0 Å². The Bertz CT molecular complexity index is 114. The third-order valence-electron chi connectivity index (χ3n) is 1.64. The summed E-state index contributed by atoms with van der Waals surface area (Å²) in [6, 6.07) is -0.694. The molecular weight excluding hydrogens is 130 g/mol. The number of aliphatic carboxylic acids is 1. The van der Waals surface area contributed by atoms with E-state index >= 15 is 0 Å². The normalized spacial score (nSPS) is 16.3. The van der Waals surface area contributed by atoms with Gasteiger partial charge in [0.1, 0.15) is 6.04 Å². The Morgan fingerprint density at radius 3 is 2.50 bits per heavy atom. The number of carboxylic acid groups (broad SMARTS) is 1. The Labute approximate surface area is 61.2 Å². The molecule has 0 aromatic carbocycles. The fourth-order valence-corrected chi connectivity index (χ4v) is 0.878. The molecule has 0 saturated carbocycles. The molecule has 0 bridgehead atoms. The van der Waals surface area contributed by atoms with E-state index in [1.54, 1.807) is 0 Å². The predicted molar refractivity (Wildman–Crippen MR) is 39.7 cm³/mol. The highest BCUT2D eigenvalue weighted by atomic mass is 16.4. The molecule has 3 heteroatoms. The number of rotatable bonds is 4. The molecule has 0 aromatic heterocycles. The maximum absolute atomic E-state index is 10.3. The van der Waals surface area contributed by atoms with E-state index in [2.05, 4.69) is 0 Å². The quantitative estimate of drug-likeness (QED) is 0.616. The van der Waals surface area contributed by atoms with Gasteiger partial charge in [-0.15, -0.1) is 0 Å². The standard InChI is InChI=1S/C7H15NO2/c1-3-4-5(2)6(8)7(9)10/h5-6H,3-4,8H2,1-2H3,(H,9,10)/t5?,6-/m0/s1. The van der Waals surface area contributed by atoms with Crippen molar-refractivity contribution in [1.82, 2.24) is 0 Å². The lowest BCUT2D eigenvalue weighted by molar-refractivity contribution is -0.139. The highest BCUT2D eigenvalue weighted by Crippen LogP contribution is 2.08. The van der Waals surface area contributed by atoms with Crippen LogP contribution in [0.4, 0.5) is 0 Å². The average molecular weight is 145 g/mol. The van der Waals surface area contributed by atoms with Crippen molar-refractivity contribution in [2.45, 2.75) is 32.7 Å². The molecule has 0 amide bonds. The lowest BCUT2D eigenvalue weighted by Gasteiger charge is -2.13. The van der Waals surface area contributed by atoms with Gasteiger partial charge in [0.15, 0.2) is 0 Å². The Morgan fingerprint density at radius 1 is 1.70 bits per heavy atom. The zero-order valence-corrected chi connectivity index (χ0v) is 6.50. The summed E-state index contributed by atoms with van der Waals surface area (Å²) in [5, 5.41) is 8.45. The van der Waals surface area contributed by atoms with Gasteiger partial charge in [-0.2, -0.15) is 0 Å². The second-order valence-electron chi connectivity index (χ2n) is 2.63. The van der Waals surface area contributed by atoms with Crippen LogP contribution in [-0.2, 0) is 4.79 Å². The molecule has 0 radical (unpaired) electrons. The minimum Gasteiger partial charge on any atom is -0.480 e. The molecule has 60 valence electrons. The monoisotopic (exact) mass is 145 g/mol. The van der Waals surface area contributed by atoms with Gasteiger partial charge in [-0.05, 0) is 12.3 Å². The van der Waals surface area contributed by atoms with Crippen molar-refractivity contribution in [1.29, 1.82) is 0 Å². The summed E-state index contributed by atoms with van der Waals surface area (Å²) in [6.45, 7) is 3.88. The van der Waals surface area contributed by atoms with Gasteiger partial charge in [0, 0.05) is 0 Å². The zero-order valence-electron chi connectivity index (χ0n) is 6.50. The van der Waals surface area contributed by atoms with Gasteiger partial charge < -0.3 is 10.8 Å². The van der Waals surface area contributed by atoms with E-state index in [1.165, 1.54) is 0 Å². The number of carboxylic acids is 1. The highest BCUT2D eigenvalue weighted by molar-refractivity contribution is 5.73. The topological polar surface area (TPSA) is 63.3 Å². The lowest BCUT2D eigenvalue weighted by atomic mass is 9.98. The minimum absolute atomic E-state index is 0.0856. The summed E-state index contributed by atoms with van der Waals surface area (Å²) in [4.78, 5) is 10.3. The second-order valence-corrected chi connectivity index (χ2v) is 2.63. The predicted octanol–water partition coefficient (Wildman–Crippen LogP) is 0.834. The lowest BCUT2D eigenvalue weighted by Crippen LogP contribution is -2.36. The maximum Gasteiger partial charge on any atom is 0.320 e. The molecule has 3 nitrogen and oxygen atoms in total. The van der Waals surface area contributed by atoms with Crippen LogP contribution < -0.4 is 5.73 Å². The third kappa shape index (κ3) is 2.82. The van der Waals surface area contributed by atoms with Crippen molar-refractivity contribution in [3.05, 3.63) is 0 Å². The van der Waals surface area contributed by atoms with Crippen LogP contribution in [0.5, 0.6) is 0 Å². The molecule has 0 fully saturated rings. The van der Waals surface area contributed by atoms with Gasteiger partial charge in [0.05, 0.1) is 0 Å². The Hall–Kier alpha value is -0.570. The largest absolute Gasteiger partial charge is 0.480 e. The fourth-order valence-electron chi connectivity index (χ4n) is 0.878. The van der Waals surface area contributed by atoms with E-state index in [0.717, 1.165) is 12.8 Å². The molecule has 1 unspecified atom stereocenters. The van der Waals surface area contributed by atoms with Gasteiger partial charge in [0.25, 0.3) is 0 Å². The van der Waals surface area contributed by atoms with Crippen molar-refractivity contribution in [2.75, 3.05) is 0 Å². The van der Waals surface area contributed by atoms with E-state index in [4.69, 9.17) is 10.8 Å². The van der Waals surface area contributed by atoms with Gasteiger partial charge in [-0.3, -0.25) is 4.79 Å². The molecule has 0 rings (SSSR count). The van der Waals surface area contributed by atoms with E-state index < -0.39 is 12.0 Å². The molecule has 10 heavy (non-hydrogen) atoms. The summed E-state index contributed by atoms with van der Waals surface area (Å²) < 4.78 is 0. The van der Waals surface area contributed by atoms with Crippen LogP contribution in [0.2, 0.25) is 0 Å². The van der Waals surface area contributed by atoms with Gasteiger partial charge >= 0.3 is 5.97 Å². The average Bonchev–Trinajstić information content (AvgIpc) is 1.87. The van der Waals surface area contributed by atoms with Gasteiger partial charge in [-0.25, -0.2) is 0 Å². The van der Waals surface area contributed by atoms with E-state index in [-0.39, 0.29) is 5.92 Å². The van der Waals surface area contributed by atoms with Crippen molar-refractivity contribution in [3.63, 3.8) is 0 Å². The number of hydrogen-bond acceptors (Lipinski definition) is 2. The SMILES string of the molecule is CCCC(C)[C@H](N)C(=O)O. The Balaban J connectivity index is 3.69. The van der Waals surface area contributed by atoms with Crippen molar-refractivity contribution in [2.24, 2.45) is 11.7 Å². The summed E-state index contributed by atoms with van der Waals surface area (Å²) in [5.74, 6) is -0.816. The summed E-state index contributed by atoms with van der Waals surface area (Å²) in [6.07, 6.45) is 1.87. The van der Waals surface area contributed by atoms with E-state index in [9.17, 15) is 4.79 Å². The molecule has 3 N–H and O–H groups in total. The second kappa shape index (κ2) is 4.28. The van der Waals surface area contributed by atoms with Crippen LogP contribution in [0.25, 0.3) is 0 Å². The molecule has 0 aliphatic heterocycles. The summed E-state index contributed by atoms with van der Waals surface area (Å²) >= 11 is 0. The van der Waals surface area contributed by atoms with E-state index in [1.807, 2.05) is 13.8 Å². The summed E-state index contributed by atoms with van der Waals surface area (Å²) in [7, 11) is 0.